The minimum absolute atomic E-state index is 0.255. The van der Waals surface area contributed by atoms with Gasteiger partial charge in [0.15, 0.2) is 6.10 Å². The van der Waals surface area contributed by atoms with Crippen LogP contribution in [-0.4, -0.2) is 72.9 Å². The zero-order valence-corrected chi connectivity index (χ0v) is 13.2. The number of carbonyl (C=O) groups is 2. The molecule has 126 valence electrons. The normalized spacial score (nSPS) is 16.8. The number of carboxylic acids is 1. The third-order valence-electron chi connectivity index (χ3n) is 3.82. The minimum Gasteiger partial charge on any atom is -0.479 e. The number of hydrogen-bond acceptors (Lipinski definition) is 5. The Bertz CT molecular complexity index is 514. The zero-order chi connectivity index (χ0) is 16.7. The van der Waals surface area contributed by atoms with Gasteiger partial charge in [0.2, 0.25) is 0 Å². The molecule has 1 N–H and O–H groups in total. The van der Waals surface area contributed by atoms with Crippen molar-refractivity contribution in [2.45, 2.75) is 12.7 Å². The number of ether oxygens (including phenoxy) is 2. The molecular formula is C16H22N2O5. The van der Waals surface area contributed by atoms with Crippen LogP contribution >= 0.6 is 0 Å². The van der Waals surface area contributed by atoms with Crippen LogP contribution in [0.3, 0.4) is 0 Å². The number of piperazine rings is 1. The molecule has 1 unspecified atom stereocenters. The maximum atomic E-state index is 12.0. The highest BCUT2D eigenvalue weighted by Gasteiger charge is 2.26. The highest BCUT2D eigenvalue weighted by atomic mass is 16.6. The second kappa shape index (κ2) is 8.50. The molecule has 7 nitrogen and oxygen atoms in total. The molecule has 7 heteroatoms. The standard InChI is InChI=1S/C16H22N2O5/c1-22-14(15(19)20)11-17-7-9-18(10-8-17)16(21)23-12-13-5-3-2-4-6-13/h2-6,14H,7-12H2,1H3,(H,19,20). The van der Waals surface area contributed by atoms with E-state index in [0.717, 1.165) is 5.56 Å². The van der Waals surface area contributed by atoms with Crippen molar-refractivity contribution < 1.29 is 24.2 Å². The summed E-state index contributed by atoms with van der Waals surface area (Å²) in [6, 6.07) is 9.52. The number of aliphatic carboxylic acids is 1. The lowest BCUT2D eigenvalue weighted by atomic mass is 10.2. The fourth-order valence-corrected chi connectivity index (χ4v) is 2.41. The molecule has 1 aromatic carbocycles. The van der Waals surface area contributed by atoms with E-state index in [1.807, 2.05) is 35.2 Å². The Morgan fingerprint density at radius 2 is 1.83 bits per heavy atom. The monoisotopic (exact) mass is 322 g/mol. The molecule has 0 aliphatic carbocycles. The summed E-state index contributed by atoms with van der Waals surface area (Å²) in [7, 11) is 1.38. The molecule has 1 amide bonds. The lowest BCUT2D eigenvalue weighted by Gasteiger charge is -2.34. The second-order valence-electron chi connectivity index (χ2n) is 5.39. The van der Waals surface area contributed by atoms with Gasteiger partial charge >= 0.3 is 12.1 Å². The van der Waals surface area contributed by atoms with E-state index in [2.05, 4.69) is 0 Å². The summed E-state index contributed by atoms with van der Waals surface area (Å²) < 4.78 is 10.2. The van der Waals surface area contributed by atoms with Gasteiger partial charge in [-0.25, -0.2) is 9.59 Å². The van der Waals surface area contributed by atoms with E-state index >= 15 is 0 Å². The fraction of sp³-hybridized carbons (Fsp3) is 0.500. The molecule has 0 bridgehead atoms. The minimum atomic E-state index is -0.975. The molecule has 1 aliphatic rings. The van der Waals surface area contributed by atoms with Crippen LogP contribution in [-0.2, 0) is 20.9 Å². The summed E-state index contributed by atoms with van der Waals surface area (Å²) >= 11 is 0. The molecular weight excluding hydrogens is 300 g/mol. The first kappa shape index (κ1) is 17.2. The van der Waals surface area contributed by atoms with Crippen LogP contribution in [0.25, 0.3) is 0 Å². The smallest absolute Gasteiger partial charge is 0.410 e. The average Bonchev–Trinajstić information content (AvgIpc) is 2.58. The third kappa shape index (κ3) is 5.22. The van der Waals surface area contributed by atoms with Gasteiger partial charge in [-0.1, -0.05) is 30.3 Å². The average molecular weight is 322 g/mol. The molecule has 1 heterocycles. The first-order valence-electron chi connectivity index (χ1n) is 7.53. The van der Waals surface area contributed by atoms with Crippen LogP contribution in [0, 0.1) is 0 Å². The van der Waals surface area contributed by atoms with E-state index in [1.165, 1.54) is 7.11 Å². The van der Waals surface area contributed by atoms with Crippen LogP contribution < -0.4 is 0 Å². The van der Waals surface area contributed by atoms with Crippen molar-refractivity contribution in [3.63, 3.8) is 0 Å². The number of carboxylic acid groups (broad SMARTS) is 1. The summed E-state index contributed by atoms with van der Waals surface area (Å²) in [6.45, 7) is 2.82. The maximum Gasteiger partial charge on any atom is 0.410 e. The summed E-state index contributed by atoms with van der Waals surface area (Å²) in [4.78, 5) is 26.6. The molecule has 0 aromatic heterocycles. The van der Waals surface area contributed by atoms with E-state index in [-0.39, 0.29) is 12.7 Å². The summed E-state index contributed by atoms with van der Waals surface area (Å²) in [5, 5.41) is 8.99. The Balaban J connectivity index is 1.73. The number of rotatable bonds is 6. The summed E-state index contributed by atoms with van der Waals surface area (Å²) in [5.41, 5.74) is 0.948. The van der Waals surface area contributed by atoms with Crippen molar-refractivity contribution in [3.05, 3.63) is 35.9 Å². The molecule has 1 fully saturated rings. The third-order valence-corrected chi connectivity index (χ3v) is 3.82. The highest BCUT2D eigenvalue weighted by molar-refractivity contribution is 5.72. The Kier molecular flexibility index (Phi) is 6.37. The number of methoxy groups -OCH3 is 1. The molecule has 2 rings (SSSR count). The van der Waals surface area contributed by atoms with E-state index in [1.54, 1.807) is 4.90 Å². The van der Waals surface area contributed by atoms with Crippen molar-refractivity contribution in [1.82, 2.24) is 9.80 Å². The quantitative estimate of drug-likeness (QED) is 0.843. The van der Waals surface area contributed by atoms with Gasteiger partial charge in [0.25, 0.3) is 0 Å². The Morgan fingerprint density at radius 3 is 2.39 bits per heavy atom. The zero-order valence-electron chi connectivity index (χ0n) is 13.2. The van der Waals surface area contributed by atoms with Gasteiger partial charge in [-0.15, -0.1) is 0 Å². The highest BCUT2D eigenvalue weighted by Crippen LogP contribution is 2.08. The Hall–Kier alpha value is -2.12. The van der Waals surface area contributed by atoms with E-state index in [0.29, 0.717) is 32.7 Å². The lowest BCUT2D eigenvalue weighted by molar-refractivity contribution is -0.149. The van der Waals surface area contributed by atoms with E-state index < -0.39 is 12.1 Å². The Morgan fingerprint density at radius 1 is 1.17 bits per heavy atom. The number of carbonyl (C=O) groups excluding carboxylic acids is 1. The number of benzene rings is 1. The second-order valence-corrected chi connectivity index (χ2v) is 5.39. The topological polar surface area (TPSA) is 79.3 Å². The first-order chi connectivity index (χ1) is 11.1. The number of amides is 1. The molecule has 1 aromatic rings. The van der Waals surface area contributed by atoms with Crippen molar-refractivity contribution in [3.8, 4) is 0 Å². The predicted octanol–water partition coefficient (Wildman–Crippen LogP) is 1.04. The largest absolute Gasteiger partial charge is 0.479 e. The van der Waals surface area contributed by atoms with Gasteiger partial charge < -0.3 is 19.5 Å². The van der Waals surface area contributed by atoms with Crippen LogP contribution in [0.4, 0.5) is 4.79 Å². The molecule has 0 spiro atoms. The van der Waals surface area contributed by atoms with Crippen LogP contribution in [0.15, 0.2) is 30.3 Å². The van der Waals surface area contributed by atoms with Gasteiger partial charge in [-0.2, -0.15) is 0 Å². The van der Waals surface area contributed by atoms with Crippen LogP contribution in [0.5, 0.6) is 0 Å². The molecule has 1 saturated heterocycles. The number of hydrogen-bond donors (Lipinski definition) is 1. The van der Waals surface area contributed by atoms with Crippen LogP contribution in [0.2, 0.25) is 0 Å². The molecule has 0 radical (unpaired) electrons. The van der Waals surface area contributed by atoms with E-state index in [4.69, 9.17) is 14.6 Å². The number of nitrogens with zero attached hydrogens (tertiary/aromatic N) is 2. The SMILES string of the molecule is COC(CN1CCN(C(=O)OCc2ccccc2)CC1)C(=O)O. The predicted molar refractivity (Wildman–Crippen MR) is 83.1 cm³/mol. The molecule has 1 aliphatic heterocycles. The van der Waals surface area contributed by atoms with Gasteiger partial charge in [0, 0.05) is 39.8 Å². The van der Waals surface area contributed by atoms with Gasteiger partial charge in [0.05, 0.1) is 0 Å². The van der Waals surface area contributed by atoms with Gasteiger partial charge in [-0.3, -0.25) is 4.90 Å². The van der Waals surface area contributed by atoms with Gasteiger partial charge in [-0.05, 0) is 5.56 Å². The fourth-order valence-electron chi connectivity index (χ4n) is 2.41. The molecule has 0 saturated carbocycles. The molecule has 1 atom stereocenters. The van der Waals surface area contributed by atoms with Crippen molar-refractivity contribution in [2.24, 2.45) is 0 Å². The first-order valence-corrected chi connectivity index (χ1v) is 7.53. The Labute approximate surface area is 135 Å². The molecule has 23 heavy (non-hydrogen) atoms. The van der Waals surface area contributed by atoms with Crippen molar-refractivity contribution in [1.29, 1.82) is 0 Å². The summed E-state index contributed by atoms with van der Waals surface area (Å²) in [6.07, 6.45) is -1.18. The maximum absolute atomic E-state index is 12.0. The lowest BCUT2D eigenvalue weighted by Crippen LogP contribution is -2.51. The summed E-state index contributed by atoms with van der Waals surface area (Å²) in [5.74, 6) is -0.975. The van der Waals surface area contributed by atoms with Crippen molar-refractivity contribution >= 4 is 12.1 Å². The van der Waals surface area contributed by atoms with E-state index in [9.17, 15) is 9.59 Å². The van der Waals surface area contributed by atoms with Crippen molar-refractivity contribution in [2.75, 3.05) is 39.8 Å². The van der Waals surface area contributed by atoms with Gasteiger partial charge in [0.1, 0.15) is 6.61 Å². The van der Waals surface area contributed by atoms with Crippen LogP contribution in [0.1, 0.15) is 5.56 Å².